The van der Waals surface area contributed by atoms with E-state index in [1.165, 1.54) is 16.6 Å². The molecule has 0 spiro atoms. The Morgan fingerprint density at radius 3 is 2.44 bits per heavy atom. The van der Waals surface area contributed by atoms with E-state index in [2.05, 4.69) is 4.98 Å². The molecule has 0 aliphatic heterocycles. The molecule has 5 aromatic rings. The lowest BCUT2D eigenvalue weighted by Crippen LogP contribution is -2.20. The molecule has 0 saturated heterocycles. The SMILES string of the molecule is O=c1c2cc(F)ccc2nc2c3ccccc3n(-c3ccccc3)n12. The van der Waals surface area contributed by atoms with Crippen LogP contribution >= 0.6 is 0 Å². The summed E-state index contributed by atoms with van der Waals surface area (Å²) < 4.78 is 17.0. The van der Waals surface area contributed by atoms with Crippen molar-refractivity contribution in [3.05, 3.63) is 89.0 Å². The van der Waals surface area contributed by atoms with E-state index in [1.807, 2.05) is 59.3 Å². The summed E-state index contributed by atoms with van der Waals surface area (Å²) in [4.78, 5) is 17.8. The molecule has 4 nitrogen and oxygen atoms in total. The molecule has 0 fully saturated rings. The van der Waals surface area contributed by atoms with Gasteiger partial charge in [0.15, 0.2) is 5.65 Å². The van der Waals surface area contributed by atoms with Gasteiger partial charge in [-0.15, -0.1) is 0 Å². The Labute approximate surface area is 141 Å². The van der Waals surface area contributed by atoms with Crippen molar-refractivity contribution < 1.29 is 4.39 Å². The fraction of sp³-hybridized carbons (Fsp3) is 0. The molecule has 120 valence electrons. The maximum Gasteiger partial charge on any atom is 0.281 e. The summed E-state index contributed by atoms with van der Waals surface area (Å²) in [6.45, 7) is 0. The number of aromatic nitrogens is 3. The first-order chi connectivity index (χ1) is 12.2. The predicted octanol–water partition coefficient (Wildman–Crippen LogP) is 3.93. The van der Waals surface area contributed by atoms with Crippen LogP contribution in [0.3, 0.4) is 0 Å². The zero-order chi connectivity index (χ0) is 17.0. The van der Waals surface area contributed by atoms with Crippen LogP contribution in [0.5, 0.6) is 0 Å². The molecule has 0 N–H and O–H groups in total. The van der Waals surface area contributed by atoms with E-state index in [0.29, 0.717) is 11.2 Å². The molecular formula is C20H12FN3O. The number of halogens is 1. The van der Waals surface area contributed by atoms with E-state index >= 15 is 0 Å². The molecular weight excluding hydrogens is 317 g/mol. The van der Waals surface area contributed by atoms with Crippen LogP contribution in [0.1, 0.15) is 0 Å². The Bertz CT molecular complexity index is 1320. The first-order valence-electron chi connectivity index (χ1n) is 7.91. The number of rotatable bonds is 1. The lowest BCUT2D eigenvalue weighted by atomic mass is 10.2. The monoisotopic (exact) mass is 329 g/mol. The third-order valence-corrected chi connectivity index (χ3v) is 4.38. The number of hydrogen-bond acceptors (Lipinski definition) is 2. The second-order valence-electron chi connectivity index (χ2n) is 5.88. The van der Waals surface area contributed by atoms with E-state index in [0.717, 1.165) is 16.6 Å². The van der Waals surface area contributed by atoms with Gasteiger partial charge in [0, 0.05) is 5.39 Å². The quantitative estimate of drug-likeness (QED) is 0.467. The van der Waals surface area contributed by atoms with Gasteiger partial charge in [-0.25, -0.2) is 14.1 Å². The third kappa shape index (κ3) is 1.92. The van der Waals surface area contributed by atoms with Crippen molar-refractivity contribution in [2.45, 2.75) is 0 Å². The van der Waals surface area contributed by atoms with Crippen LogP contribution in [0.25, 0.3) is 33.1 Å². The maximum atomic E-state index is 13.7. The summed E-state index contributed by atoms with van der Waals surface area (Å²) in [6, 6.07) is 21.4. The normalized spacial score (nSPS) is 11.6. The highest BCUT2D eigenvalue weighted by atomic mass is 19.1. The Hall–Kier alpha value is -3.47. The first kappa shape index (κ1) is 13.9. The fourth-order valence-corrected chi connectivity index (χ4v) is 3.29. The molecule has 25 heavy (non-hydrogen) atoms. The highest BCUT2D eigenvalue weighted by Crippen LogP contribution is 2.25. The minimum atomic E-state index is -0.450. The Kier molecular flexibility index (Phi) is 2.79. The fourth-order valence-electron chi connectivity index (χ4n) is 3.29. The minimum Gasteiger partial charge on any atom is -0.267 e. The van der Waals surface area contributed by atoms with Gasteiger partial charge in [0.1, 0.15) is 5.82 Å². The largest absolute Gasteiger partial charge is 0.281 e. The average Bonchev–Trinajstić information content (AvgIpc) is 2.98. The maximum absolute atomic E-state index is 13.7. The first-order valence-corrected chi connectivity index (χ1v) is 7.91. The van der Waals surface area contributed by atoms with Crippen LogP contribution < -0.4 is 5.56 Å². The van der Waals surface area contributed by atoms with Gasteiger partial charge in [-0.3, -0.25) is 4.79 Å². The smallest absolute Gasteiger partial charge is 0.267 e. The molecule has 0 saturated carbocycles. The Balaban J connectivity index is 2.09. The summed E-state index contributed by atoms with van der Waals surface area (Å²) in [5, 5.41) is 1.13. The van der Waals surface area contributed by atoms with Gasteiger partial charge in [0.2, 0.25) is 0 Å². The van der Waals surface area contributed by atoms with Crippen LogP contribution in [-0.4, -0.2) is 14.2 Å². The molecule has 0 bridgehead atoms. The minimum absolute atomic E-state index is 0.262. The molecule has 0 aliphatic carbocycles. The van der Waals surface area contributed by atoms with Gasteiger partial charge in [-0.05, 0) is 42.5 Å². The molecule has 2 aromatic heterocycles. The standard InChI is InChI=1S/C20H12FN3O/c21-13-10-11-17-16(12-13)20(25)24-19(22-17)15-8-4-5-9-18(15)23(24)14-6-2-1-3-7-14/h1-12H. The van der Waals surface area contributed by atoms with Crippen molar-refractivity contribution in [3.63, 3.8) is 0 Å². The van der Waals surface area contributed by atoms with E-state index in [-0.39, 0.29) is 10.9 Å². The molecule has 5 heteroatoms. The molecule has 3 aromatic carbocycles. The molecule has 0 aliphatic rings. The average molecular weight is 329 g/mol. The van der Waals surface area contributed by atoms with Gasteiger partial charge in [-0.2, -0.15) is 4.52 Å². The van der Waals surface area contributed by atoms with Gasteiger partial charge in [0.05, 0.1) is 22.1 Å². The van der Waals surface area contributed by atoms with Crippen LogP contribution in [0.4, 0.5) is 4.39 Å². The zero-order valence-electron chi connectivity index (χ0n) is 13.1. The zero-order valence-corrected chi connectivity index (χ0v) is 13.1. The molecule has 0 radical (unpaired) electrons. The van der Waals surface area contributed by atoms with Gasteiger partial charge in [0.25, 0.3) is 5.56 Å². The topological polar surface area (TPSA) is 39.3 Å². The number of fused-ring (bicyclic) bond motifs is 4. The summed E-state index contributed by atoms with van der Waals surface area (Å²) >= 11 is 0. The van der Waals surface area contributed by atoms with E-state index in [4.69, 9.17) is 0 Å². The predicted molar refractivity (Wildman–Crippen MR) is 95.8 cm³/mol. The van der Waals surface area contributed by atoms with Crippen LogP contribution in [0, 0.1) is 5.82 Å². The number of nitrogens with zero attached hydrogens (tertiary/aromatic N) is 3. The second-order valence-corrected chi connectivity index (χ2v) is 5.88. The van der Waals surface area contributed by atoms with Gasteiger partial charge >= 0.3 is 0 Å². The molecule has 5 rings (SSSR count). The highest BCUT2D eigenvalue weighted by Gasteiger charge is 2.16. The number of hydrogen-bond donors (Lipinski definition) is 0. The molecule has 0 atom stereocenters. The summed E-state index contributed by atoms with van der Waals surface area (Å²) in [5.41, 5.74) is 2.47. The summed E-state index contributed by atoms with van der Waals surface area (Å²) in [5.74, 6) is -0.450. The summed E-state index contributed by atoms with van der Waals surface area (Å²) in [7, 11) is 0. The second kappa shape index (κ2) is 5.01. The van der Waals surface area contributed by atoms with Crippen molar-refractivity contribution in [1.29, 1.82) is 0 Å². The number of para-hydroxylation sites is 2. The van der Waals surface area contributed by atoms with Crippen molar-refractivity contribution >= 4 is 27.5 Å². The van der Waals surface area contributed by atoms with Crippen molar-refractivity contribution in [3.8, 4) is 5.69 Å². The van der Waals surface area contributed by atoms with E-state index in [9.17, 15) is 9.18 Å². The molecule has 2 heterocycles. The van der Waals surface area contributed by atoms with Crippen LogP contribution in [0.2, 0.25) is 0 Å². The van der Waals surface area contributed by atoms with E-state index < -0.39 is 5.82 Å². The molecule has 0 amide bonds. The third-order valence-electron chi connectivity index (χ3n) is 4.38. The lowest BCUT2D eigenvalue weighted by Gasteiger charge is -2.08. The summed E-state index contributed by atoms with van der Waals surface area (Å²) in [6.07, 6.45) is 0. The van der Waals surface area contributed by atoms with Crippen LogP contribution in [0.15, 0.2) is 77.6 Å². The Morgan fingerprint density at radius 2 is 1.60 bits per heavy atom. The Morgan fingerprint density at radius 1 is 0.840 bits per heavy atom. The highest BCUT2D eigenvalue weighted by molar-refractivity contribution is 5.96. The number of benzene rings is 3. The van der Waals surface area contributed by atoms with Gasteiger partial charge < -0.3 is 0 Å². The van der Waals surface area contributed by atoms with Crippen molar-refractivity contribution in [1.82, 2.24) is 14.2 Å². The lowest BCUT2D eigenvalue weighted by molar-refractivity contribution is 0.629. The van der Waals surface area contributed by atoms with Gasteiger partial charge in [-0.1, -0.05) is 30.3 Å². The van der Waals surface area contributed by atoms with Crippen LogP contribution in [-0.2, 0) is 0 Å². The van der Waals surface area contributed by atoms with E-state index in [1.54, 1.807) is 6.07 Å². The molecule has 0 unspecified atom stereocenters. The van der Waals surface area contributed by atoms with Crippen molar-refractivity contribution in [2.24, 2.45) is 0 Å². The van der Waals surface area contributed by atoms with Crippen molar-refractivity contribution in [2.75, 3.05) is 0 Å².